The number of likely N-dealkylation sites (tertiary alicyclic amines) is 2. The number of H-pyrrole nitrogens is 1. The van der Waals surface area contributed by atoms with Crippen molar-refractivity contribution in [3.8, 4) is 0 Å². The van der Waals surface area contributed by atoms with E-state index in [9.17, 15) is 9.59 Å². The van der Waals surface area contributed by atoms with Gasteiger partial charge >= 0.3 is 0 Å². The van der Waals surface area contributed by atoms with E-state index in [0.29, 0.717) is 25.4 Å². The van der Waals surface area contributed by atoms with Crippen molar-refractivity contribution < 1.29 is 9.59 Å². The highest BCUT2D eigenvalue weighted by atomic mass is 16.2. The van der Waals surface area contributed by atoms with Crippen LogP contribution in [0.3, 0.4) is 0 Å². The summed E-state index contributed by atoms with van der Waals surface area (Å²) in [6, 6.07) is 0. The Morgan fingerprint density at radius 2 is 1.58 bits per heavy atom. The molecule has 0 saturated carbocycles. The first-order chi connectivity index (χ1) is 12.7. The van der Waals surface area contributed by atoms with Crippen LogP contribution in [-0.2, 0) is 9.59 Å². The smallest absolute Gasteiger partial charge is 0.226 e. The average Bonchev–Trinajstić information content (AvgIpc) is 3.41. The summed E-state index contributed by atoms with van der Waals surface area (Å²) >= 11 is 0. The first kappa shape index (κ1) is 17.5. The zero-order valence-corrected chi connectivity index (χ0v) is 15.2. The molecule has 2 amide bonds. The highest BCUT2D eigenvalue weighted by Gasteiger charge is 2.36. The average molecular weight is 360 g/mol. The van der Waals surface area contributed by atoms with Crippen molar-refractivity contribution in [2.45, 2.75) is 38.0 Å². The molecule has 4 rings (SSSR count). The number of carbonyl (C=O) groups excluding carboxylic acids is 2. The van der Waals surface area contributed by atoms with Gasteiger partial charge in [-0.25, -0.2) is 4.98 Å². The molecule has 3 fully saturated rings. The summed E-state index contributed by atoms with van der Waals surface area (Å²) in [5.41, 5.74) is 0. The lowest BCUT2D eigenvalue weighted by molar-refractivity contribution is -0.140. The van der Waals surface area contributed by atoms with Crippen LogP contribution in [0.5, 0.6) is 0 Å². The maximum Gasteiger partial charge on any atom is 0.226 e. The number of hydrogen-bond acceptors (Lipinski definition) is 5. The molecule has 0 aliphatic carbocycles. The van der Waals surface area contributed by atoms with Gasteiger partial charge < -0.3 is 15.1 Å². The van der Waals surface area contributed by atoms with Gasteiger partial charge in [0, 0.05) is 45.2 Å². The van der Waals surface area contributed by atoms with Crippen molar-refractivity contribution in [3.63, 3.8) is 0 Å². The first-order valence-electron chi connectivity index (χ1n) is 9.86. The standard InChI is InChI=1S/C18H28N6O2/c25-17(23-5-1-2-6-23)14-9-15(11-19-10-14)18(26)24-7-3-13(4-8-24)16-20-12-21-22-16/h12-15,19H,1-11H2,(H,20,21,22). The molecule has 2 atom stereocenters. The van der Waals surface area contributed by atoms with E-state index in [1.54, 1.807) is 0 Å². The summed E-state index contributed by atoms with van der Waals surface area (Å²) < 4.78 is 0. The van der Waals surface area contributed by atoms with E-state index in [1.807, 2.05) is 9.80 Å². The Labute approximate surface area is 153 Å². The Morgan fingerprint density at radius 1 is 0.962 bits per heavy atom. The van der Waals surface area contributed by atoms with E-state index in [2.05, 4.69) is 20.5 Å². The Kier molecular flexibility index (Phi) is 5.19. The van der Waals surface area contributed by atoms with Crippen LogP contribution in [0, 0.1) is 11.8 Å². The normalized spacial score (nSPS) is 27.7. The van der Waals surface area contributed by atoms with Crippen LogP contribution in [0.15, 0.2) is 6.33 Å². The Bertz CT molecular complexity index is 620. The fourth-order valence-corrected chi connectivity index (χ4v) is 4.56. The van der Waals surface area contributed by atoms with Crippen LogP contribution >= 0.6 is 0 Å². The second kappa shape index (κ2) is 7.73. The van der Waals surface area contributed by atoms with Gasteiger partial charge in [-0.15, -0.1) is 0 Å². The van der Waals surface area contributed by atoms with Crippen molar-refractivity contribution in [2.75, 3.05) is 39.3 Å². The van der Waals surface area contributed by atoms with Crippen LogP contribution < -0.4 is 5.32 Å². The van der Waals surface area contributed by atoms with Crippen LogP contribution in [0.2, 0.25) is 0 Å². The molecule has 1 aromatic rings. The quantitative estimate of drug-likeness (QED) is 0.812. The predicted octanol–water partition coefficient (Wildman–Crippen LogP) is 0.359. The molecule has 142 valence electrons. The summed E-state index contributed by atoms with van der Waals surface area (Å²) in [5, 5.41) is 10.2. The summed E-state index contributed by atoms with van der Waals surface area (Å²) in [4.78, 5) is 33.8. The minimum absolute atomic E-state index is 0.0532. The number of piperidine rings is 2. The van der Waals surface area contributed by atoms with E-state index in [4.69, 9.17) is 0 Å². The Hall–Kier alpha value is -1.96. The van der Waals surface area contributed by atoms with Gasteiger partial charge in [0.25, 0.3) is 0 Å². The molecule has 4 heterocycles. The van der Waals surface area contributed by atoms with Gasteiger partial charge in [0.1, 0.15) is 12.2 Å². The molecule has 0 radical (unpaired) electrons. The molecule has 2 N–H and O–H groups in total. The fraction of sp³-hybridized carbons (Fsp3) is 0.778. The van der Waals surface area contributed by atoms with Gasteiger partial charge in [-0.05, 0) is 32.1 Å². The molecule has 0 bridgehead atoms. The molecule has 3 aliphatic heterocycles. The third-order valence-corrected chi connectivity index (χ3v) is 6.09. The van der Waals surface area contributed by atoms with Gasteiger partial charge in [0.15, 0.2) is 0 Å². The number of aromatic amines is 1. The molecular weight excluding hydrogens is 332 g/mol. The minimum atomic E-state index is -0.0814. The van der Waals surface area contributed by atoms with Gasteiger partial charge in [-0.3, -0.25) is 14.7 Å². The summed E-state index contributed by atoms with van der Waals surface area (Å²) in [7, 11) is 0. The van der Waals surface area contributed by atoms with Gasteiger partial charge in [0.05, 0.1) is 11.8 Å². The van der Waals surface area contributed by atoms with E-state index in [1.165, 1.54) is 6.33 Å². The van der Waals surface area contributed by atoms with Crippen molar-refractivity contribution in [1.82, 2.24) is 30.3 Å². The number of nitrogens with one attached hydrogen (secondary N) is 2. The second-order valence-corrected chi connectivity index (χ2v) is 7.79. The highest BCUT2D eigenvalue weighted by molar-refractivity contribution is 5.83. The van der Waals surface area contributed by atoms with Crippen molar-refractivity contribution in [3.05, 3.63) is 12.2 Å². The molecule has 26 heavy (non-hydrogen) atoms. The van der Waals surface area contributed by atoms with E-state index >= 15 is 0 Å². The van der Waals surface area contributed by atoms with Crippen LogP contribution in [0.25, 0.3) is 0 Å². The maximum atomic E-state index is 13.0. The molecule has 0 spiro atoms. The summed E-state index contributed by atoms with van der Waals surface area (Å²) in [6.45, 7) is 4.65. The van der Waals surface area contributed by atoms with Crippen LogP contribution in [0.1, 0.15) is 43.8 Å². The van der Waals surface area contributed by atoms with Crippen molar-refractivity contribution >= 4 is 11.8 Å². The molecular formula is C18H28N6O2. The van der Waals surface area contributed by atoms with Crippen molar-refractivity contribution in [1.29, 1.82) is 0 Å². The van der Waals surface area contributed by atoms with Crippen molar-refractivity contribution in [2.24, 2.45) is 11.8 Å². The maximum absolute atomic E-state index is 13.0. The predicted molar refractivity (Wildman–Crippen MR) is 95.2 cm³/mol. The molecule has 8 nitrogen and oxygen atoms in total. The monoisotopic (exact) mass is 360 g/mol. The summed E-state index contributed by atoms with van der Waals surface area (Å²) in [6.07, 6.45) is 6.26. The fourth-order valence-electron chi connectivity index (χ4n) is 4.56. The largest absolute Gasteiger partial charge is 0.342 e. The van der Waals surface area contributed by atoms with Gasteiger partial charge in [-0.2, -0.15) is 5.10 Å². The molecule has 2 unspecified atom stereocenters. The number of rotatable bonds is 3. The SMILES string of the molecule is O=C(C1CNCC(C(=O)N2CCC(c3ncn[nH]3)CC2)C1)N1CCCC1. The van der Waals surface area contributed by atoms with Gasteiger partial charge in [-0.1, -0.05) is 0 Å². The molecule has 0 aromatic carbocycles. The molecule has 8 heteroatoms. The lowest BCUT2D eigenvalue weighted by Gasteiger charge is -2.36. The molecule has 3 saturated heterocycles. The number of aromatic nitrogens is 3. The lowest BCUT2D eigenvalue weighted by Crippen LogP contribution is -2.50. The second-order valence-electron chi connectivity index (χ2n) is 7.79. The van der Waals surface area contributed by atoms with Gasteiger partial charge in [0.2, 0.25) is 11.8 Å². The molecule has 3 aliphatic rings. The number of hydrogen-bond donors (Lipinski definition) is 2. The first-order valence-corrected chi connectivity index (χ1v) is 9.86. The zero-order valence-electron chi connectivity index (χ0n) is 15.2. The minimum Gasteiger partial charge on any atom is -0.342 e. The van der Waals surface area contributed by atoms with Crippen LogP contribution in [-0.4, -0.2) is 76.1 Å². The van der Waals surface area contributed by atoms with Crippen LogP contribution in [0.4, 0.5) is 0 Å². The lowest BCUT2D eigenvalue weighted by atomic mass is 9.87. The third-order valence-electron chi connectivity index (χ3n) is 6.09. The Balaban J connectivity index is 1.31. The third kappa shape index (κ3) is 3.60. The number of carbonyl (C=O) groups is 2. The molecule has 1 aromatic heterocycles. The van der Waals surface area contributed by atoms with E-state index in [-0.39, 0.29) is 23.7 Å². The highest BCUT2D eigenvalue weighted by Crippen LogP contribution is 2.28. The topological polar surface area (TPSA) is 94.2 Å². The van der Waals surface area contributed by atoms with E-state index < -0.39 is 0 Å². The number of amides is 2. The van der Waals surface area contributed by atoms with E-state index in [0.717, 1.165) is 57.7 Å². The zero-order chi connectivity index (χ0) is 17.9. The Morgan fingerprint density at radius 3 is 2.15 bits per heavy atom. The summed E-state index contributed by atoms with van der Waals surface area (Å²) in [5.74, 6) is 1.58. The number of nitrogens with zero attached hydrogens (tertiary/aromatic N) is 4.